The Morgan fingerprint density at radius 3 is 2.79 bits per heavy atom. The van der Waals surface area contributed by atoms with Gasteiger partial charge in [0.2, 0.25) is 11.1 Å². The summed E-state index contributed by atoms with van der Waals surface area (Å²) in [7, 11) is 0. The molecule has 122 valence electrons. The molecular weight excluding hydrogens is 390 g/mol. The van der Waals surface area contributed by atoms with E-state index in [9.17, 15) is 4.79 Å². The van der Waals surface area contributed by atoms with Crippen molar-refractivity contribution in [2.24, 2.45) is 0 Å². The summed E-state index contributed by atoms with van der Waals surface area (Å²) in [6.45, 7) is 2.01. The van der Waals surface area contributed by atoms with Gasteiger partial charge in [0, 0.05) is 10.2 Å². The topological polar surface area (TPSA) is 72.7 Å². The molecule has 0 saturated heterocycles. The number of carbonyl (C=O) groups is 1. The van der Waals surface area contributed by atoms with E-state index in [1.54, 1.807) is 4.68 Å². The number of tetrazole rings is 1. The molecule has 3 rings (SSSR count). The summed E-state index contributed by atoms with van der Waals surface area (Å²) in [5, 5.41) is 15.1. The Hall–Kier alpha value is -2.19. The van der Waals surface area contributed by atoms with Crippen LogP contribution in [0.1, 0.15) is 5.56 Å². The smallest absolute Gasteiger partial charge is 0.234 e. The second kappa shape index (κ2) is 7.59. The quantitative estimate of drug-likeness (QED) is 0.660. The van der Waals surface area contributed by atoms with Gasteiger partial charge in [-0.1, -0.05) is 39.8 Å². The van der Waals surface area contributed by atoms with Gasteiger partial charge in [0.05, 0.1) is 11.4 Å². The SMILES string of the molecule is Cc1cccc(-n2nnnc2SCC(=O)Nc2ccc(Br)cc2)c1. The van der Waals surface area contributed by atoms with Crippen molar-refractivity contribution in [3.05, 3.63) is 58.6 Å². The average Bonchev–Trinajstić information content (AvgIpc) is 3.04. The fourth-order valence-electron chi connectivity index (χ4n) is 2.05. The number of anilines is 1. The summed E-state index contributed by atoms with van der Waals surface area (Å²) in [6.07, 6.45) is 0. The van der Waals surface area contributed by atoms with Crippen molar-refractivity contribution in [1.82, 2.24) is 20.2 Å². The summed E-state index contributed by atoms with van der Waals surface area (Å²) < 4.78 is 2.59. The normalized spacial score (nSPS) is 10.6. The first-order valence-electron chi connectivity index (χ1n) is 7.15. The van der Waals surface area contributed by atoms with Crippen LogP contribution in [0, 0.1) is 6.92 Å². The summed E-state index contributed by atoms with van der Waals surface area (Å²) in [5.74, 6) is 0.114. The van der Waals surface area contributed by atoms with Crippen molar-refractivity contribution in [2.45, 2.75) is 12.1 Å². The minimum absolute atomic E-state index is 0.110. The van der Waals surface area contributed by atoms with E-state index in [1.807, 2.05) is 55.5 Å². The number of aromatic nitrogens is 4. The zero-order valence-corrected chi connectivity index (χ0v) is 15.2. The molecule has 0 aliphatic carbocycles. The predicted octanol–water partition coefficient (Wildman–Crippen LogP) is 3.46. The van der Waals surface area contributed by atoms with E-state index in [0.29, 0.717) is 5.16 Å². The molecule has 0 bridgehead atoms. The van der Waals surface area contributed by atoms with E-state index < -0.39 is 0 Å². The molecule has 1 heterocycles. The first-order valence-corrected chi connectivity index (χ1v) is 8.93. The number of halogens is 1. The highest BCUT2D eigenvalue weighted by molar-refractivity contribution is 9.10. The maximum absolute atomic E-state index is 12.1. The molecule has 1 N–H and O–H groups in total. The van der Waals surface area contributed by atoms with Crippen LogP contribution >= 0.6 is 27.7 Å². The number of aryl methyl sites for hydroxylation is 1. The molecule has 1 aromatic heterocycles. The van der Waals surface area contributed by atoms with E-state index in [2.05, 4.69) is 36.8 Å². The molecule has 0 spiro atoms. The number of rotatable bonds is 5. The average molecular weight is 404 g/mol. The van der Waals surface area contributed by atoms with Gasteiger partial charge in [-0.25, -0.2) is 0 Å². The molecule has 0 atom stereocenters. The molecule has 0 unspecified atom stereocenters. The van der Waals surface area contributed by atoms with Crippen LogP contribution < -0.4 is 5.32 Å². The highest BCUT2D eigenvalue weighted by Gasteiger charge is 2.11. The molecule has 2 aromatic carbocycles. The number of hydrogen-bond acceptors (Lipinski definition) is 5. The molecule has 0 saturated carbocycles. The highest BCUT2D eigenvalue weighted by Crippen LogP contribution is 2.19. The van der Waals surface area contributed by atoms with Gasteiger partial charge < -0.3 is 5.32 Å². The second-order valence-electron chi connectivity index (χ2n) is 5.06. The molecule has 0 aliphatic heterocycles. The zero-order valence-electron chi connectivity index (χ0n) is 12.8. The van der Waals surface area contributed by atoms with Crippen LogP contribution in [-0.4, -0.2) is 31.9 Å². The second-order valence-corrected chi connectivity index (χ2v) is 6.91. The third kappa shape index (κ3) is 4.21. The van der Waals surface area contributed by atoms with Crippen LogP contribution in [0.4, 0.5) is 5.69 Å². The first-order chi connectivity index (χ1) is 11.6. The van der Waals surface area contributed by atoms with Crippen LogP contribution in [0.25, 0.3) is 5.69 Å². The first kappa shape index (κ1) is 16.7. The van der Waals surface area contributed by atoms with E-state index in [0.717, 1.165) is 21.4 Å². The summed E-state index contributed by atoms with van der Waals surface area (Å²) >= 11 is 4.65. The van der Waals surface area contributed by atoms with Gasteiger partial charge >= 0.3 is 0 Å². The van der Waals surface area contributed by atoms with Crippen LogP contribution in [-0.2, 0) is 4.79 Å². The van der Waals surface area contributed by atoms with Crippen LogP contribution in [0.2, 0.25) is 0 Å². The van der Waals surface area contributed by atoms with Gasteiger partial charge in [0.1, 0.15) is 0 Å². The lowest BCUT2D eigenvalue weighted by Crippen LogP contribution is -2.14. The lowest BCUT2D eigenvalue weighted by atomic mass is 10.2. The Labute approximate surface area is 151 Å². The van der Waals surface area contributed by atoms with E-state index >= 15 is 0 Å². The summed E-state index contributed by atoms with van der Waals surface area (Å²) in [6, 6.07) is 15.3. The van der Waals surface area contributed by atoms with Crippen LogP contribution in [0.3, 0.4) is 0 Å². The molecule has 0 fully saturated rings. The van der Waals surface area contributed by atoms with Crippen molar-refractivity contribution in [3.8, 4) is 5.69 Å². The minimum atomic E-state index is -0.110. The van der Waals surface area contributed by atoms with E-state index in [-0.39, 0.29) is 11.7 Å². The fraction of sp³-hybridized carbons (Fsp3) is 0.125. The standard InChI is InChI=1S/C16H14BrN5OS/c1-11-3-2-4-14(9-11)22-16(19-20-21-22)24-10-15(23)18-13-7-5-12(17)6-8-13/h2-9H,10H2,1H3,(H,18,23). The number of amides is 1. The van der Waals surface area contributed by atoms with Gasteiger partial charge in [-0.2, -0.15) is 4.68 Å². The van der Waals surface area contributed by atoms with Crippen LogP contribution in [0.5, 0.6) is 0 Å². The van der Waals surface area contributed by atoms with E-state index in [1.165, 1.54) is 11.8 Å². The Morgan fingerprint density at radius 2 is 2.04 bits per heavy atom. The molecule has 24 heavy (non-hydrogen) atoms. The largest absolute Gasteiger partial charge is 0.325 e. The van der Waals surface area contributed by atoms with E-state index in [4.69, 9.17) is 0 Å². The highest BCUT2D eigenvalue weighted by atomic mass is 79.9. The lowest BCUT2D eigenvalue weighted by Gasteiger charge is -2.06. The molecule has 1 amide bonds. The summed E-state index contributed by atoms with van der Waals surface area (Å²) in [5.41, 5.74) is 2.74. The Morgan fingerprint density at radius 1 is 1.25 bits per heavy atom. The third-order valence-corrected chi connectivity index (χ3v) is 4.60. The predicted molar refractivity (Wildman–Crippen MR) is 97.4 cm³/mol. The number of benzene rings is 2. The van der Waals surface area contributed by atoms with Gasteiger partial charge in [0.25, 0.3) is 0 Å². The molecule has 8 heteroatoms. The van der Waals surface area contributed by atoms with Crippen molar-refractivity contribution in [2.75, 3.05) is 11.1 Å². The fourth-order valence-corrected chi connectivity index (χ4v) is 3.01. The van der Waals surface area contributed by atoms with Gasteiger partial charge in [0.15, 0.2) is 0 Å². The Bertz CT molecular complexity index is 850. The maximum Gasteiger partial charge on any atom is 0.234 e. The number of thioether (sulfide) groups is 1. The zero-order chi connectivity index (χ0) is 16.9. The Kier molecular flexibility index (Phi) is 5.27. The minimum Gasteiger partial charge on any atom is -0.325 e. The number of nitrogens with one attached hydrogen (secondary N) is 1. The third-order valence-electron chi connectivity index (χ3n) is 3.15. The lowest BCUT2D eigenvalue weighted by molar-refractivity contribution is -0.113. The van der Waals surface area contributed by atoms with Crippen molar-refractivity contribution < 1.29 is 4.79 Å². The molecule has 0 radical (unpaired) electrons. The van der Waals surface area contributed by atoms with Crippen molar-refractivity contribution in [3.63, 3.8) is 0 Å². The molecule has 0 aliphatic rings. The monoisotopic (exact) mass is 403 g/mol. The maximum atomic E-state index is 12.1. The van der Waals surface area contributed by atoms with Gasteiger partial charge in [-0.15, -0.1) is 5.10 Å². The summed E-state index contributed by atoms with van der Waals surface area (Å²) in [4.78, 5) is 12.1. The van der Waals surface area contributed by atoms with Crippen LogP contribution in [0.15, 0.2) is 58.2 Å². The number of nitrogens with zero attached hydrogens (tertiary/aromatic N) is 4. The van der Waals surface area contributed by atoms with Gasteiger partial charge in [-0.05, 0) is 59.3 Å². The van der Waals surface area contributed by atoms with Crippen molar-refractivity contribution in [1.29, 1.82) is 0 Å². The Balaban J connectivity index is 1.64. The number of hydrogen-bond donors (Lipinski definition) is 1. The number of carbonyl (C=O) groups excluding carboxylic acids is 1. The molecule has 6 nitrogen and oxygen atoms in total. The molecule has 3 aromatic rings. The van der Waals surface area contributed by atoms with Gasteiger partial charge in [-0.3, -0.25) is 4.79 Å². The molecular formula is C16H14BrN5OS. The van der Waals surface area contributed by atoms with Crippen molar-refractivity contribution >= 4 is 39.3 Å².